The van der Waals surface area contributed by atoms with E-state index < -0.39 is 13.8 Å². The van der Waals surface area contributed by atoms with Gasteiger partial charge in [-0.15, -0.1) is 0 Å². The van der Waals surface area contributed by atoms with Gasteiger partial charge in [0.05, 0.1) is 0 Å². The van der Waals surface area contributed by atoms with Crippen LogP contribution >= 0.6 is 8.03 Å². The van der Waals surface area contributed by atoms with E-state index in [0.717, 1.165) is 0 Å². The second-order valence-corrected chi connectivity index (χ2v) is 4.33. The molecule has 0 saturated heterocycles. The molecule has 0 aliphatic carbocycles. The van der Waals surface area contributed by atoms with Crippen molar-refractivity contribution in [2.45, 2.75) is 0 Å². The van der Waals surface area contributed by atoms with E-state index in [4.69, 9.17) is 4.52 Å². The molecule has 0 aliphatic heterocycles. The molecule has 0 heterocycles. The zero-order valence-corrected chi connectivity index (χ0v) is 9.23. The van der Waals surface area contributed by atoms with Crippen LogP contribution in [0.1, 0.15) is 0 Å². The Morgan fingerprint density at radius 1 is 0.938 bits per heavy atom. The Kier molecular flexibility index (Phi) is 3.28. The van der Waals surface area contributed by atoms with Gasteiger partial charge in [-0.1, -0.05) is 30.3 Å². The molecular weight excluding hydrogens is 226 g/mol. The van der Waals surface area contributed by atoms with E-state index in [1.807, 2.05) is 6.07 Å². The van der Waals surface area contributed by atoms with Crippen molar-refractivity contribution in [1.29, 1.82) is 0 Å². The molecule has 1 atom stereocenters. The van der Waals surface area contributed by atoms with Gasteiger partial charge in [-0.25, -0.2) is 8.91 Å². The Labute approximate surface area is 93.6 Å². The van der Waals surface area contributed by atoms with Crippen LogP contribution in [0.25, 0.3) is 0 Å². The fourth-order valence-electron chi connectivity index (χ4n) is 1.21. The van der Waals surface area contributed by atoms with Gasteiger partial charge in [0.15, 0.2) is 5.82 Å². The second kappa shape index (κ2) is 4.86. The molecule has 4 heteroatoms. The average molecular weight is 235 g/mol. The third kappa shape index (κ3) is 2.44. The van der Waals surface area contributed by atoms with E-state index >= 15 is 0 Å². The van der Waals surface area contributed by atoms with Gasteiger partial charge in [0, 0.05) is 0 Å². The first-order chi connectivity index (χ1) is 7.77. The fourth-order valence-corrected chi connectivity index (χ4v) is 2.06. The molecule has 1 unspecified atom stereocenters. The molecule has 0 amide bonds. The van der Waals surface area contributed by atoms with Gasteiger partial charge in [-0.2, -0.15) is 0 Å². The lowest BCUT2D eigenvalue weighted by Gasteiger charge is -1.94. The molecule has 0 saturated carbocycles. The fraction of sp³-hybridized carbons (Fsp3) is 0. The minimum absolute atomic E-state index is 0.00691. The molecule has 0 N–H and O–H groups in total. The molecular formula is C12H9FO2P+. The van der Waals surface area contributed by atoms with Gasteiger partial charge in [0.2, 0.25) is 11.1 Å². The summed E-state index contributed by atoms with van der Waals surface area (Å²) < 4.78 is 30.0. The highest BCUT2D eigenvalue weighted by Crippen LogP contribution is 2.27. The van der Waals surface area contributed by atoms with Crippen LogP contribution in [-0.2, 0) is 4.57 Å². The van der Waals surface area contributed by atoms with Crippen molar-refractivity contribution in [1.82, 2.24) is 0 Å². The van der Waals surface area contributed by atoms with Crippen LogP contribution in [0, 0.1) is 5.82 Å². The summed E-state index contributed by atoms with van der Waals surface area (Å²) in [7, 11) is -2.06. The van der Waals surface area contributed by atoms with E-state index in [2.05, 4.69) is 0 Å². The third-order valence-electron chi connectivity index (χ3n) is 1.98. The summed E-state index contributed by atoms with van der Waals surface area (Å²) in [4.78, 5) is 0. The lowest BCUT2D eigenvalue weighted by molar-refractivity contribution is 0.485. The predicted molar refractivity (Wildman–Crippen MR) is 60.7 cm³/mol. The number of benzene rings is 2. The van der Waals surface area contributed by atoms with Crippen LogP contribution in [0.4, 0.5) is 4.39 Å². The third-order valence-corrected chi connectivity index (χ3v) is 3.07. The Balaban J connectivity index is 2.18. The zero-order chi connectivity index (χ0) is 11.4. The van der Waals surface area contributed by atoms with E-state index in [1.54, 1.807) is 36.4 Å². The van der Waals surface area contributed by atoms with Crippen LogP contribution in [0.2, 0.25) is 0 Å². The zero-order valence-electron chi connectivity index (χ0n) is 8.34. The van der Waals surface area contributed by atoms with Crippen LogP contribution in [0.5, 0.6) is 5.75 Å². The quantitative estimate of drug-likeness (QED) is 0.763. The summed E-state index contributed by atoms with van der Waals surface area (Å²) in [6, 6.07) is 14.6. The van der Waals surface area contributed by atoms with E-state index in [1.165, 1.54) is 12.1 Å². The maximum absolute atomic E-state index is 13.2. The minimum Gasteiger partial charge on any atom is -0.247 e. The normalized spacial score (nSPS) is 10.9. The standard InChI is InChI=1S/C12H9FO2P/c13-11-8-4-5-9-12(11)15-16(14)10-6-2-1-3-7-10/h1-9H/q+1. The van der Waals surface area contributed by atoms with Crippen molar-refractivity contribution in [3.63, 3.8) is 0 Å². The van der Waals surface area contributed by atoms with Crippen LogP contribution in [0.3, 0.4) is 0 Å². The van der Waals surface area contributed by atoms with Crippen molar-refractivity contribution in [3.05, 3.63) is 60.4 Å². The average Bonchev–Trinajstić information content (AvgIpc) is 2.33. The largest absolute Gasteiger partial charge is 0.597 e. The Morgan fingerprint density at radius 2 is 1.56 bits per heavy atom. The molecule has 2 nitrogen and oxygen atoms in total. The van der Waals surface area contributed by atoms with E-state index in [0.29, 0.717) is 5.30 Å². The molecule has 2 aromatic rings. The first kappa shape index (κ1) is 10.8. The molecule has 2 aromatic carbocycles. The highest BCUT2D eigenvalue weighted by atomic mass is 31.1. The van der Waals surface area contributed by atoms with E-state index in [-0.39, 0.29) is 5.75 Å². The van der Waals surface area contributed by atoms with Gasteiger partial charge >= 0.3 is 8.03 Å². The molecule has 80 valence electrons. The first-order valence-corrected chi connectivity index (χ1v) is 5.90. The molecule has 0 bridgehead atoms. The summed E-state index contributed by atoms with van der Waals surface area (Å²) in [5.74, 6) is -0.505. The molecule has 0 fully saturated rings. The Morgan fingerprint density at radius 3 is 2.25 bits per heavy atom. The maximum atomic E-state index is 13.2. The summed E-state index contributed by atoms with van der Waals surface area (Å²) in [5, 5.41) is 0.542. The number of rotatable bonds is 3. The molecule has 0 aromatic heterocycles. The van der Waals surface area contributed by atoms with Crippen molar-refractivity contribution >= 4 is 13.3 Å². The van der Waals surface area contributed by atoms with Gasteiger partial charge in [0.1, 0.15) is 0 Å². The van der Waals surface area contributed by atoms with Crippen molar-refractivity contribution in [2.75, 3.05) is 0 Å². The number of hydrogen-bond acceptors (Lipinski definition) is 2. The van der Waals surface area contributed by atoms with Gasteiger partial charge in [-0.05, 0) is 28.8 Å². The SMILES string of the molecule is O=[P+](Oc1ccccc1F)c1ccccc1. The second-order valence-electron chi connectivity index (χ2n) is 3.11. The van der Waals surface area contributed by atoms with Crippen LogP contribution < -0.4 is 9.83 Å². The highest BCUT2D eigenvalue weighted by Gasteiger charge is 2.24. The monoisotopic (exact) mass is 235 g/mol. The molecule has 2 rings (SSSR count). The van der Waals surface area contributed by atoms with Crippen molar-refractivity contribution < 1.29 is 13.5 Å². The molecule has 0 radical (unpaired) electrons. The first-order valence-electron chi connectivity index (χ1n) is 4.72. The number of hydrogen-bond donors (Lipinski definition) is 0. The Bertz CT molecular complexity index is 499. The Hall–Kier alpha value is -1.73. The van der Waals surface area contributed by atoms with Crippen molar-refractivity contribution in [2.24, 2.45) is 0 Å². The number of halogens is 1. The van der Waals surface area contributed by atoms with Crippen LogP contribution in [-0.4, -0.2) is 0 Å². The molecule has 0 spiro atoms. The van der Waals surface area contributed by atoms with Gasteiger partial charge < -0.3 is 0 Å². The predicted octanol–water partition coefficient (Wildman–Crippen LogP) is 3.27. The highest BCUT2D eigenvalue weighted by molar-refractivity contribution is 7.48. The van der Waals surface area contributed by atoms with Gasteiger partial charge in [0.25, 0.3) is 0 Å². The van der Waals surface area contributed by atoms with Crippen LogP contribution in [0.15, 0.2) is 54.6 Å². The topological polar surface area (TPSA) is 26.3 Å². The smallest absolute Gasteiger partial charge is 0.247 e. The summed E-state index contributed by atoms with van der Waals surface area (Å²) in [6.07, 6.45) is 0. The number of para-hydroxylation sites is 1. The summed E-state index contributed by atoms with van der Waals surface area (Å²) in [6.45, 7) is 0. The maximum Gasteiger partial charge on any atom is 0.597 e. The molecule has 0 aliphatic rings. The minimum atomic E-state index is -2.06. The van der Waals surface area contributed by atoms with E-state index in [9.17, 15) is 8.96 Å². The lowest BCUT2D eigenvalue weighted by atomic mass is 10.3. The van der Waals surface area contributed by atoms with Crippen molar-refractivity contribution in [3.8, 4) is 5.75 Å². The summed E-state index contributed by atoms with van der Waals surface area (Å²) in [5.41, 5.74) is 0. The lowest BCUT2D eigenvalue weighted by Crippen LogP contribution is -1.99. The van der Waals surface area contributed by atoms with Gasteiger partial charge in [-0.3, -0.25) is 0 Å². The summed E-state index contributed by atoms with van der Waals surface area (Å²) >= 11 is 0. The molecule has 16 heavy (non-hydrogen) atoms.